The molecule has 8 heteroatoms. The first-order valence-electron chi connectivity index (χ1n) is 9.21. The Morgan fingerprint density at radius 3 is 2.59 bits per heavy atom. The third kappa shape index (κ3) is 6.19. The summed E-state index contributed by atoms with van der Waals surface area (Å²) in [5.41, 5.74) is 1.61. The van der Waals surface area contributed by atoms with Crippen LogP contribution in [0, 0.1) is 21.4 Å². The van der Waals surface area contributed by atoms with Gasteiger partial charge in [-0.25, -0.2) is 4.99 Å². The molecule has 150 valence electrons. The second kappa shape index (κ2) is 9.39. The summed E-state index contributed by atoms with van der Waals surface area (Å²) in [5.74, 6) is 1.53. The Labute approximate surface area is 176 Å². The molecule has 27 heavy (non-hydrogen) atoms. The first-order chi connectivity index (χ1) is 12.3. The summed E-state index contributed by atoms with van der Waals surface area (Å²) in [6.45, 7) is 8.71. The molecule has 1 saturated carbocycles. The van der Waals surface area contributed by atoms with Crippen LogP contribution in [0.15, 0.2) is 29.3 Å². The van der Waals surface area contributed by atoms with Crippen LogP contribution in [-0.2, 0) is 5.75 Å². The van der Waals surface area contributed by atoms with E-state index in [-0.39, 0.29) is 27.6 Å². The number of aliphatic imine (C=N–C) groups is 1. The number of thioether (sulfide) groups is 1. The molecule has 3 rings (SSSR count). The van der Waals surface area contributed by atoms with Crippen molar-refractivity contribution in [3.05, 3.63) is 39.9 Å². The molecule has 0 aromatic heterocycles. The van der Waals surface area contributed by atoms with Gasteiger partial charge in [-0.1, -0.05) is 44.7 Å². The number of nitro benzene ring substituents is 1. The van der Waals surface area contributed by atoms with Gasteiger partial charge < -0.3 is 5.32 Å². The summed E-state index contributed by atoms with van der Waals surface area (Å²) < 4.78 is 0. The van der Waals surface area contributed by atoms with E-state index < -0.39 is 0 Å². The molecular weight excluding hydrogens is 428 g/mol. The van der Waals surface area contributed by atoms with Crippen LogP contribution in [0.3, 0.4) is 0 Å². The molecule has 2 atom stereocenters. The number of nitro groups is 1. The van der Waals surface area contributed by atoms with Gasteiger partial charge in [0.05, 0.1) is 18.3 Å². The number of non-ortho nitro benzene ring substituents is 1. The largest absolute Gasteiger partial charge is 0.352 e. The lowest BCUT2D eigenvalue weighted by molar-refractivity contribution is -0.384. The normalized spacial score (nSPS) is 25.1. The molecule has 1 aromatic carbocycles. The van der Waals surface area contributed by atoms with Crippen LogP contribution in [-0.4, -0.2) is 34.4 Å². The summed E-state index contributed by atoms with van der Waals surface area (Å²) >= 11 is 1.66. The molecule has 1 N–H and O–H groups in total. The number of hydrogen-bond donors (Lipinski definition) is 1. The summed E-state index contributed by atoms with van der Waals surface area (Å²) in [5, 5.41) is 15.1. The smallest absolute Gasteiger partial charge is 0.269 e. The van der Waals surface area contributed by atoms with Crippen molar-refractivity contribution in [2.45, 2.75) is 51.8 Å². The zero-order chi connectivity index (χ0) is 18.7. The molecule has 2 aliphatic rings. The highest BCUT2D eigenvalue weighted by atomic mass is 79.9. The van der Waals surface area contributed by atoms with E-state index in [0.717, 1.165) is 35.7 Å². The number of rotatable bonds is 4. The number of hydrogen-bond acceptors (Lipinski definition) is 6. The molecule has 1 aromatic rings. The molecule has 1 heterocycles. The maximum atomic E-state index is 10.7. The van der Waals surface area contributed by atoms with Crippen LogP contribution in [0.2, 0.25) is 0 Å². The Morgan fingerprint density at radius 1 is 1.33 bits per heavy atom. The zero-order valence-corrected chi connectivity index (χ0v) is 18.7. The Balaban J connectivity index is 0.00000261. The van der Waals surface area contributed by atoms with Gasteiger partial charge in [-0.05, 0) is 36.2 Å². The van der Waals surface area contributed by atoms with Crippen molar-refractivity contribution in [1.29, 1.82) is 0 Å². The van der Waals surface area contributed by atoms with Crippen molar-refractivity contribution in [3.8, 4) is 0 Å². The summed E-state index contributed by atoms with van der Waals surface area (Å²) in [6, 6.07) is 7.34. The first-order valence-corrected chi connectivity index (χ1v) is 10.2. The van der Waals surface area contributed by atoms with Crippen molar-refractivity contribution < 1.29 is 4.92 Å². The fourth-order valence-corrected chi connectivity index (χ4v) is 5.02. The number of amidine groups is 1. The minimum atomic E-state index is -0.369. The lowest BCUT2D eigenvalue weighted by Crippen LogP contribution is -2.50. The lowest BCUT2D eigenvalue weighted by atomic mass is 9.70. The summed E-state index contributed by atoms with van der Waals surface area (Å²) in [7, 11) is 0. The summed E-state index contributed by atoms with van der Waals surface area (Å²) in [4.78, 5) is 17.5. The van der Waals surface area contributed by atoms with Gasteiger partial charge in [-0.3, -0.25) is 15.0 Å². The minimum absolute atomic E-state index is 0. The van der Waals surface area contributed by atoms with E-state index in [2.05, 4.69) is 31.0 Å². The van der Waals surface area contributed by atoms with Crippen molar-refractivity contribution in [2.24, 2.45) is 16.3 Å². The predicted octanol–water partition coefficient (Wildman–Crippen LogP) is 4.80. The Kier molecular flexibility index (Phi) is 7.71. The quantitative estimate of drug-likeness (QED) is 0.520. The van der Waals surface area contributed by atoms with Crippen LogP contribution >= 0.6 is 28.7 Å². The highest BCUT2D eigenvalue weighted by Gasteiger charge is 2.35. The van der Waals surface area contributed by atoms with Gasteiger partial charge >= 0.3 is 0 Å². The average molecular weight is 457 g/mol. The molecule has 1 aliphatic carbocycles. The average Bonchev–Trinajstić information content (AvgIpc) is 2.59. The van der Waals surface area contributed by atoms with Gasteiger partial charge in [-0.15, -0.1) is 17.0 Å². The monoisotopic (exact) mass is 456 g/mol. The van der Waals surface area contributed by atoms with Crippen LogP contribution < -0.4 is 5.32 Å². The number of nitrogens with one attached hydrogen (secondary N) is 1. The predicted molar refractivity (Wildman–Crippen MR) is 117 cm³/mol. The fourth-order valence-electron chi connectivity index (χ4n) is 4.21. The van der Waals surface area contributed by atoms with Crippen molar-refractivity contribution in [2.75, 3.05) is 13.3 Å². The van der Waals surface area contributed by atoms with Crippen molar-refractivity contribution >= 4 is 39.6 Å². The lowest BCUT2D eigenvalue weighted by Gasteiger charge is -2.44. The van der Waals surface area contributed by atoms with E-state index in [0.29, 0.717) is 11.5 Å². The van der Waals surface area contributed by atoms with Gasteiger partial charge in [0.2, 0.25) is 0 Å². The van der Waals surface area contributed by atoms with E-state index in [4.69, 9.17) is 4.99 Å². The van der Waals surface area contributed by atoms with E-state index >= 15 is 0 Å². The third-order valence-corrected chi connectivity index (χ3v) is 6.26. The molecule has 6 nitrogen and oxygen atoms in total. The van der Waals surface area contributed by atoms with Gasteiger partial charge in [0, 0.05) is 23.9 Å². The van der Waals surface area contributed by atoms with Crippen molar-refractivity contribution in [1.82, 2.24) is 10.2 Å². The van der Waals surface area contributed by atoms with Gasteiger partial charge in [0.25, 0.3) is 5.69 Å². The second-order valence-corrected chi connectivity index (χ2v) is 9.27. The van der Waals surface area contributed by atoms with Crippen LogP contribution in [0.4, 0.5) is 5.69 Å². The molecule has 0 bridgehead atoms. The van der Waals surface area contributed by atoms with Crippen LogP contribution in [0.25, 0.3) is 0 Å². The molecule has 0 saturated heterocycles. The van der Waals surface area contributed by atoms with E-state index in [9.17, 15) is 10.1 Å². The zero-order valence-electron chi connectivity index (χ0n) is 16.2. The number of halogens is 1. The SMILES string of the molecule is Br.CC1CC(N2CN=C(SCc3ccc([N+](=O)[O-])cc3)NC2)CC(C)(C)C1. The number of nitrogens with zero attached hydrogens (tertiary/aromatic N) is 3. The van der Waals surface area contributed by atoms with Gasteiger partial charge in [0.15, 0.2) is 5.17 Å². The molecule has 1 fully saturated rings. The molecule has 2 unspecified atom stereocenters. The Hall–Kier alpha value is -1.12. The topological polar surface area (TPSA) is 70.8 Å². The van der Waals surface area contributed by atoms with Gasteiger partial charge in [0.1, 0.15) is 0 Å². The molecular formula is C19H29BrN4O2S. The van der Waals surface area contributed by atoms with E-state index in [1.165, 1.54) is 19.3 Å². The fraction of sp³-hybridized carbons (Fsp3) is 0.632. The van der Waals surface area contributed by atoms with Gasteiger partial charge in [-0.2, -0.15) is 0 Å². The van der Waals surface area contributed by atoms with Crippen LogP contribution in [0.1, 0.15) is 45.6 Å². The standard InChI is InChI=1S/C19H28N4O2S.BrH/c1-14-8-17(10-19(2,3)9-14)22-12-20-18(21-13-22)26-11-15-4-6-16(7-5-15)23(24)25;/h4-7,14,17H,8-13H2,1-3H3,(H,20,21);1H. The molecule has 0 spiro atoms. The Bertz CT molecular complexity index is 681. The third-order valence-electron chi connectivity index (χ3n) is 5.23. The highest BCUT2D eigenvalue weighted by molar-refractivity contribution is 8.93. The molecule has 0 amide bonds. The maximum absolute atomic E-state index is 10.7. The second-order valence-electron chi connectivity index (χ2n) is 8.31. The molecule has 1 aliphatic heterocycles. The molecule has 0 radical (unpaired) electrons. The maximum Gasteiger partial charge on any atom is 0.269 e. The Morgan fingerprint density at radius 2 is 2.04 bits per heavy atom. The highest BCUT2D eigenvalue weighted by Crippen LogP contribution is 2.40. The minimum Gasteiger partial charge on any atom is -0.352 e. The van der Waals surface area contributed by atoms with Crippen molar-refractivity contribution in [3.63, 3.8) is 0 Å². The van der Waals surface area contributed by atoms with E-state index in [1.54, 1.807) is 23.9 Å². The first kappa shape index (κ1) is 22.2. The number of benzene rings is 1. The van der Waals surface area contributed by atoms with Crippen LogP contribution in [0.5, 0.6) is 0 Å². The summed E-state index contributed by atoms with van der Waals surface area (Å²) in [6.07, 6.45) is 3.80. The van der Waals surface area contributed by atoms with E-state index in [1.807, 2.05) is 12.1 Å².